The predicted molar refractivity (Wildman–Crippen MR) is 141 cm³/mol. The molecule has 0 N–H and O–H groups in total. The van der Waals surface area contributed by atoms with Gasteiger partial charge in [-0.1, -0.05) is 41.6 Å². The van der Waals surface area contributed by atoms with Crippen molar-refractivity contribution in [2.45, 2.75) is 77.0 Å². The van der Waals surface area contributed by atoms with Crippen molar-refractivity contribution in [3.8, 4) is 5.75 Å². The Hall–Kier alpha value is -3.12. The maximum absolute atomic E-state index is 12.0. The lowest BCUT2D eigenvalue weighted by atomic mass is 9.78. The molecule has 3 aliphatic rings. The van der Waals surface area contributed by atoms with Gasteiger partial charge in [0.2, 0.25) is 0 Å². The van der Waals surface area contributed by atoms with Crippen LogP contribution in [0.2, 0.25) is 0 Å². The molecule has 1 saturated heterocycles. The van der Waals surface area contributed by atoms with E-state index in [-0.39, 0.29) is 18.1 Å². The van der Waals surface area contributed by atoms with Crippen molar-refractivity contribution >= 4 is 17.3 Å². The Morgan fingerprint density at radius 1 is 1.17 bits per heavy atom. The van der Waals surface area contributed by atoms with Crippen molar-refractivity contribution in [1.82, 2.24) is 4.90 Å². The highest BCUT2D eigenvalue weighted by molar-refractivity contribution is 5.96. The quantitative estimate of drug-likeness (QED) is 0.334. The van der Waals surface area contributed by atoms with Crippen LogP contribution in [-0.2, 0) is 20.8 Å². The van der Waals surface area contributed by atoms with Crippen LogP contribution in [0.15, 0.2) is 59.4 Å². The first-order valence-corrected chi connectivity index (χ1v) is 13.1. The van der Waals surface area contributed by atoms with E-state index >= 15 is 0 Å². The second-order valence-electron chi connectivity index (χ2n) is 10.1. The first-order valence-electron chi connectivity index (χ1n) is 13.1. The van der Waals surface area contributed by atoms with E-state index in [1.54, 1.807) is 7.11 Å². The first kappa shape index (κ1) is 24.6. The molecule has 2 heterocycles. The van der Waals surface area contributed by atoms with E-state index in [9.17, 15) is 4.79 Å². The number of hydrogen-bond donors (Lipinski definition) is 0. The number of carbonyl (C=O) groups is 1. The van der Waals surface area contributed by atoms with Crippen LogP contribution in [0.25, 0.3) is 5.57 Å². The Morgan fingerprint density at radius 2 is 2.00 bits per heavy atom. The molecular formula is C30H36N2O4. The summed E-state index contributed by atoms with van der Waals surface area (Å²) >= 11 is 0. The largest absolute Gasteiger partial charge is 0.491 e. The van der Waals surface area contributed by atoms with Gasteiger partial charge in [0.05, 0.1) is 11.8 Å². The highest BCUT2D eigenvalue weighted by atomic mass is 16.6. The van der Waals surface area contributed by atoms with Gasteiger partial charge in [-0.05, 0) is 74.4 Å². The maximum atomic E-state index is 12.0. The van der Waals surface area contributed by atoms with E-state index in [1.807, 2.05) is 0 Å². The Balaban J connectivity index is 1.41. The minimum atomic E-state index is -0.306. The molecule has 0 radical (unpaired) electrons. The summed E-state index contributed by atoms with van der Waals surface area (Å²) in [6, 6.07) is 17.6. The summed E-state index contributed by atoms with van der Waals surface area (Å²) in [5, 5.41) is 4.25. The minimum absolute atomic E-state index is 0.114. The van der Waals surface area contributed by atoms with Gasteiger partial charge in [-0.25, -0.2) is 0 Å². The number of aryl methyl sites for hydroxylation is 1. The summed E-state index contributed by atoms with van der Waals surface area (Å²) in [5.74, 6) is 1.26. The van der Waals surface area contributed by atoms with Gasteiger partial charge >= 0.3 is 5.97 Å². The van der Waals surface area contributed by atoms with Crippen LogP contribution in [-0.4, -0.2) is 42.4 Å². The van der Waals surface area contributed by atoms with Crippen LogP contribution in [0.4, 0.5) is 0 Å². The second kappa shape index (κ2) is 10.9. The lowest BCUT2D eigenvalue weighted by Crippen LogP contribution is -2.44. The predicted octanol–water partition coefficient (Wildman–Crippen LogP) is 6.07. The number of oxime groups is 1. The van der Waals surface area contributed by atoms with E-state index in [0.717, 1.165) is 67.7 Å². The fourth-order valence-electron chi connectivity index (χ4n) is 6.10. The molecule has 2 aromatic carbocycles. The van der Waals surface area contributed by atoms with Crippen LogP contribution in [0.5, 0.6) is 5.75 Å². The van der Waals surface area contributed by atoms with Gasteiger partial charge in [-0.2, -0.15) is 0 Å². The SMILES string of the molecule is CON=C1CC(OC(C)=O)=C2c3cc(OC(C)CCCc4ccccc4)ccc3C3CCCN3C2C1. The van der Waals surface area contributed by atoms with Crippen molar-refractivity contribution in [2.75, 3.05) is 13.7 Å². The number of allylic oxidation sites excluding steroid dienone is 1. The van der Waals surface area contributed by atoms with E-state index in [1.165, 1.54) is 18.1 Å². The Labute approximate surface area is 213 Å². The summed E-state index contributed by atoms with van der Waals surface area (Å²) in [5.41, 5.74) is 5.85. The number of fused-ring (bicyclic) bond motifs is 6. The second-order valence-corrected chi connectivity index (χ2v) is 10.1. The van der Waals surface area contributed by atoms with Crippen LogP contribution < -0.4 is 4.74 Å². The zero-order chi connectivity index (χ0) is 25.1. The molecule has 6 heteroatoms. The van der Waals surface area contributed by atoms with Gasteiger partial charge in [-0.3, -0.25) is 9.69 Å². The summed E-state index contributed by atoms with van der Waals surface area (Å²) in [4.78, 5) is 19.7. The smallest absolute Gasteiger partial charge is 0.307 e. The number of ether oxygens (including phenoxy) is 2. The number of nitrogens with zero attached hydrogens (tertiary/aromatic N) is 2. The number of rotatable bonds is 8. The lowest BCUT2D eigenvalue weighted by molar-refractivity contribution is -0.136. The molecule has 0 saturated carbocycles. The molecule has 3 unspecified atom stereocenters. The molecule has 5 rings (SSSR count). The molecule has 1 aliphatic carbocycles. The van der Waals surface area contributed by atoms with Gasteiger partial charge in [0.25, 0.3) is 0 Å². The van der Waals surface area contributed by atoms with Crippen molar-refractivity contribution in [2.24, 2.45) is 5.16 Å². The molecule has 2 aliphatic heterocycles. The van der Waals surface area contributed by atoms with Crippen molar-refractivity contribution in [3.63, 3.8) is 0 Å². The molecule has 1 fully saturated rings. The summed E-state index contributed by atoms with van der Waals surface area (Å²) in [6.45, 7) is 4.63. The van der Waals surface area contributed by atoms with E-state index in [2.05, 4.69) is 65.5 Å². The van der Waals surface area contributed by atoms with Crippen molar-refractivity contribution < 1.29 is 19.1 Å². The fourth-order valence-corrected chi connectivity index (χ4v) is 6.10. The lowest BCUT2D eigenvalue weighted by Gasteiger charge is -2.43. The van der Waals surface area contributed by atoms with Gasteiger partial charge in [-0.15, -0.1) is 0 Å². The molecule has 190 valence electrons. The van der Waals surface area contributed by atoms with Gasteiger partial charge < -0.3 is 14.3 Å². The third-order valence-electron chi connectivity index (χ3n) is 7.54. The Bertz CT molecular complexity index is 1160. The molecule has 0 bridgehead atoms. The topological polar surface area (TPSA) is 60.4 Å². The normalized spacial score (nSPS) is 23.0. The van der Waals surface area contributed by atoms with Gasteiger partial charge in [0, 0.05) is 37.4 Å². The summed E-state index contributed by atoms with van der Waals surface area (Å²) in [6.07, 6.45) is 6.80. The molecular weight excluding hydrogens is 452 g/mol. The summed E-state index contributed by atoms with van der Waals surface area (Å²) in [7, 11) is 1.57. The zero-order valence-electron chi connectivity index (χ0n) is 21.5. The first-order chi connectivity index (χ1) is 17.5. The van der Waals surface area contributed by atoms with E-state index in [0.29, 0.717) is 18.2 Å². The van der Waals surface area contributed by atoms with Crippen LogP contribution in [0.3, 0.4) is 0 Å². The standard InChI is InChI=1S/C30H36N2O4/c1-20(9-7-12-22-10-5-4-6-11-22)35-24-14-15-25-26(19-24)30-28(32-16-8-13-27(25)32)17-23(31-34-3)18-29(30)36-21(2)33/h4-6,10-11,14-15,19-20,27-28H,7-9,12-13,16-18H2,1-3H3. The van der Waals surface area contributed by atoms with E-state index in [4.69, 9.17) is 14.3 Å². The zero-order valence-corrected chi connectivity index (χ0v) is 21.5. The highest BCUT2D eigenvalue weighted by Crippen LogP contribution is 2.50. The van der Waals surface area contributed by atoms with Gasteiger partial charge in [0.15, 0.2) is 0 Å². The third-order valence-corrected chi connectivity index (χ3v) is 7.54. The molecule has 6 nitrogen and oxygen atoms in total. The average molecular weight is 489 g/mol. The maximum Gasteiger partial charge on any atom is 0.307 e. The van der Waals surface area contributed by atoms with Crippen LogP contribution in [0.1, 0.15) is 75.1 Å². The van der Waals surface area contributed by atoms with Crippen LogP contribution in [0, 0.1) is 0 Å². The Morgan fingerprint density at radius 3 is 2.78 bits per heavy atom. The molecule has 2 aromatic rings. The van der Waals surface area contributed by atoms with Gasteiger partial charge in [0.1, 0.15) is 18.6 Å². The molecule has 0 spiro atoms. The Kier molecular flexibility index (Phi) is 7.42. The summed E-state index contributed by atoms with van der Waals surface area (Å²) < 4.78 is 12.2. The highest BCUT2D eigenvalue weighted by Gasteiger charge is 2.44. The van der Waals surface area contributed by atoms with Crippen LogP contribution >= 0.6 is 0 Å². The molecule has 0 aromatic heterocycles. The number of carbonyl (C=O) groups excluding carboxylic acids is 1. The number of hydrogen-bond acceptors (Lipinski definition) is 6. The van der Waals surface area contributed by atoms with E-state index < -0.39 is 0 Å². The fraction of sp³-hybridized carbons (Fsp3) is 0.467. The van der Waals surface area contributed by atoms with Crippen molar-refractivity contribution in [1.29, 1.82) is 0 Å². The van der Waals surface area contributed by atoms with Crippen molar-refractivity contribution in [3.05, 3.63) is 71.0 Å². The third kappa shape index (κ3) is 5.19. The molecule has 3 atom stereocenters. The number of esters is 1. The monoisotopic (exact) mass is 488 g/mol. The molecule has 36 heavy (non-hydrogen) atoms. The minimum Gasteiger partial charge on any atom is -0.491 e. The molecule has 0 amide bonds. The average Bonchev–Trinajstić information content (AvgIpc) is 3.35. The number of benzene rings is 2.